The first kappa shape index (κ1) is 17.9. The molecule has 0 N–H and O–H groups in total. The van der Waals surface area contributed by atoms with Gasteiger partial charge in [0, 0.05) is 18.3 Å². The lowest BCUT2D eigenvalue weighted by molar-refractivity contribution is -0.0500. The molecule has 1 aromatic carbocycles. The van der Waals surface area contributed by atoms with Crippen molar-refractivity contribution in [3.8, 4) is 5.75 Å². The zero-order valence-corrected chi connectivity index (χ0v) is 13.5. The van der Waals surface area contributed by atoms with Crippen LogP contribution in [0.5, 0.6) is 5.75 Å². The normalized spacial score (nSPS) is 14.5. The Labute approximate surface area is 145 Å². The standard InChI is InChI=1S/C15H9F3N2O5S/c16-15(17,18)26(23,24)25-10-5-6-19-9(7-10)8-20-13(21)11-3-1-2-4-12(11)14(20)22/h1-7H,8H2. The molecule has 2 heterocycles. The van der Waals surface area contributed by atoms with E-state index in [0.717, 1.165) is 23.2 Å². The van der Waals surface area contributed by atoms with Crippen LogP contribution in [0.3, 0.4) is 0 Å². The van der Waals surface area contributed by atoms with E-state index >= 15 is 0 Å². The molecule has 0 atom stereocenters. The lowest BCUT2D eigenvalue weighted by Gasteiger charge is -2.14. The monoisotopic (exact) mass is 386 g/mol. The summed E-state index contributed by atoms with van der Waals surface area (Å²) < 4.78 is 63.2. The van der Waals surface area contributed by atoms with Gasteiger partial charge in [0.05, 0.1) is 23.4 Å². The van der Waals surface area contributed by atoms with E-state index < -0.39 is 33.2 Å². The molecule has 0 bridgehead atoms. The lowest BCUT2D eigenvalue weighted by Crippen LogP contribution is -2.30. The summed E-state index contributed by atoms with van der Waals surface area (Å²) in [5, 5.41) is 0. The topological polar surface area (TPSA) is 93.6 Å². The van der Waals surface area contributed by atoms with Gasteiger partial charge >= 0.3 is 15.6 Å². The fourth-order valence-electron chi connectivity index (χ4n) is 2.31. The third-order valence-corrected chi connectivity index (χ3v) is 4.45. The lowest BCUT2D eigenvalue weighted by atomic mass is 10.1. The summed E-state index contributed by atoms with van der Waals surface area (Å²) in [7, 11) is -5.84. The highest BCUT2D eigenvalue weighted by Crippen LogP contribution is 2.28. The van der Waals surface area contributed by atoms with E-state index in [1.54, 1.807) is 12.1 Å². The molecule has 0 saturated heterocycles. The van der Waals surface area contributed by atoms with Crippen molar-refractivity contribution in [3.05, 3.63) is 59.4 Å². The van der Waals surface area contributed by atoms with Gasteiger partial charge in [0.2, 0.25) is 0 Å². The minimum Gasteiger partial charge on any atom is -0.376 e. The number of pyridine rings is 1. The number of rotatable bonds is 4. The number of alkyl halides is 3. The number of halogens is 3. The Morgan fingerprint density at radius 3 is 2.15 bits per heavy atom. The van der Waals surface area contributed by atoms with Gasteiger partial charge in [-0.1, -0.05) is 12.1 Å². The van der Waals surface area contributed by atoms with E-state index in [1.807, 2.05) is 0 Å². The fraction of sp³-hybridized carbons (Fsp3) is 0.133. The molecule has 1 aromatic heterocycles. The number of hydrogen-bond acceptors (Lipinski definition) is 6. The number of carbonyl (C=O) groups excluding carboxylic acids is 2. The molecule has 7 nitrogen and oxygen atoms in total. The number of hydrogen-bond donors (Lipinski definition) is 0. The molecule has 0 saturated carbocycles. The predicted octanol–water partition coefficient (Wildman–Crippen LogP) is 2.11. The Hall–Kier alpha value is -2.95. The molecule has 3 rings (SSSR count). The summed E-state index contributed by atoms with van der Waals surface area (Å²) in [5.74, 6) is -1.80. The van der Waals surface area contributed by atoms with Crippen LogP contribution in [-0.2, 0) is 16.7 Å². The first-order valence-corrected chi connectivity index (χ1v) is 8.42. The number of imide groups is 1. The fourth-order valence-corrected chi connectivity index (χ4v) is 2.76. The Kier molecular flexibility index (Phi) is 4.18. The predicted molar refractivity (Wildman–Crippen MR) is 80.5 cm³/mol. The van der Waals surface area contributed by atoms with Crippen LogP contribution >= 0.6 is 0 Å². The van der Waals surface area contributed by atoms with Gasteiger partial charge in [-0.2, -0.15) is 21.6 Å². The van der Waals surface area contributed by atoms with E-state index in [4.69, 9.17) is 0 Å². The molecule has 0 spiro atoms. The van der Waals surface area contributed by atoms with Gasteiger partial charge in [0.1, 0.15) is 5.75 Å². The van der Waals surface area contributed by atoms with E-state index in [1.165, 1.54) is 12.1 Å². The minimum absolute atomic E-state index is 0.0191. The summed E-state index contributed by atoms with van der Waals surface area (Å²) in [4.78, 5) is 29.2. The molecule has 0 unspecified atom stereocenters. The molecule has 11 heteroatoms. The molecule has 1 aliphatic heterocycles. The van der Waals surface area contributed by atoms with Gasteiger partial charge in [-0.15, -0.1) is 0 Å². The van der Waals surface area contributed by atoms with E-state index in [9.17, 15) is 31.2 Å². The van der Waals surface area contributed by atoms with Crippen LogP contribution < -0.4 is 4.18 Å². The number of fused-ring (bicyclic) bond motifs is 1. The van der Waals surface area contributed by atoms with Gasteiger partial charge in [0.25, 0.3) is 11.8 Å². The number of amides is 2. The van der Waals surface area contributed by atoms with Crippen LogP contribution in [0.2, 0.25) is 0 Å². The van der Waals surface area contributed by atoms with Gasteiger partial charge in [-0.25, -0.2) is 0 Å². The van der Waals surface area contributed by atoms with Gasteiger partial charge < -0.3 is 4.18 Å². The number of aromatic nitrogens is 1. The van der Waals surface area contributed by atoms with Crippen molar-refractivity contribution in [2.24, 2.45) is 0 Å². The summed E-state index contributed by atoms with van der Waals surface area (Å²) in [5.41, 5.74) is -5.21. The Balaban J connectivity index is 1.83. The van der Waals surface area contributed by atoms with Crippen molar-refractivity contribution in [2.45, 2.75) is 12.1 Å². The number of carbonyl (C=O) groups is 2. The summed E-state index contributed by atoms with van der Waals surface area (Å²) >= 11 is 0. The largest absolute Gasteiger partial charge is 0.534 e. The van der Waals surface area contributed by atoms with Crippen molar-refractivity contribution in [2.75, 3.05) is 0 Å². The van der Waals surface area contributed by atoms with Crippen molar-refractivity contribution < 1.29 is 35.4 Å². The molecule has 0 radical (unpaired) electrons. The quantitative estimate of drug-likeness (QED) is 0.454. The van der Waals surface area contributed by atoms with Crippen LogP contribution in [0.15, 0.2) is 42.6 Å². The zero-order chi connectivity index (χ0) is 19.1. The summed E-state index contributed by atoms with van der Waals surface area (Å²) in [6.07, 6.45) is 1.01. The highest BCUT2D eigenvalue weighted by Gasteiger charge is 2.48. The van der Waals surface area contributed by atoms with Crippen LogP contribution in [0, 0.1) is 0 Å². The van der Waals surface area contributed by atoms with Crippen LogP contribution in [0.4, 0.5) is 13.2 Å². The maximum atomic E-state index is 12.4. The van der Waals surface area contributed by atoms with Gasteiger partial charge in [-0.3, -0.25) is 19.5 Å². The highest BCUT2D eigenvalue weighted by atomic mass is 32.2. The molecular weight excluding hydrogens is 377 g/mol. The third kappa shape index (κ3) is 3.12. The van der Waals surface area contributed by atoms with Crippen LogP contribution in [0.25, 0.3) is 0 Å². The van der Waals surface area contributed by atoms with E-state index in [-0.39, 0.29) is 23.4 Å². The second kappa shape index (κ2) is 6.09. The summed E-state index contributed by atoms with van der Waals surface area (Å²) in [6.45, 7) is -0.352. The first-order chi connectivity index (χ1) is 12.1. The smallest absolute Gasteiger partial charge is 0.376 e. The zero-order valence-electron chi connectivity index (χ0n) is 12.7. The van der Waals surface area contributed by atoms with Gasteiger partial charge in [-0.05, 0) is 12.1 Å². The van der Waals surface area contributed by atoms with Crippen molar-refractivity contribution in [3.63, 3.8) is 0 Å². The molecule has 2 aromatic rings. The average molecular weight is 386 g/mol. The molecule has 26 heavy (non-hydrogen) atoms. The molecule has 136 valence electrons. The minimum atomic E-state index is -5.84. The average Bonchev–Trinajstić information content (AvgIpc) is 2.79. The van der Waals surface area contributed by atoms with Crippen LogP contribution in [-0.4, -0.2) is 35.6 Å². The molecule has 0 aliphatic carbocycles. The highest BCUT2D eigenvalue weighted by molar-refractivity contribution is 7.88. The Morgan fingerprint density at radius 2 is 1.62 bits per heavy atom. The second-order valence-electron chi connectivity index (χ2n) is 5.21. The Bertz CT molecular complexity index is 969. The maximum absolute atomic E-state index is 12.4. The van der Waals surface area contributed by atoms with Crippen molar-refractivity contribution >= 4 is 21.9 Å². The maximum Gasteiger partial charge on any atom is 0.534 e. The van der Waals surface area contributed by atoms with Crippen LogP contribution in [0.1, 0.15) is 26.4 Å². The SMILES string of the molecule is O=C1c2ccccc2C(=O)N1Cc1cc(OS(=O)(=O)C(F)(F)F)ccn1. The Morgan fingerprint density at radius 1 is 1.04 bits per heavy atom. The number of benzene rings is 1. The molecule has 2 amide bonds. The number of nitrogens with zero attached hydrogens (tertiary/aromatic N) is 2. The van der Waals surface area contributed by atoms with Gasteiger partial charge in [0.15, 0.2) is 0 Å². The second-order valence-corrected chi connectivity index (χ2v) is 6.75. The third-order valence-electron chi connectivity index (χ3n) is 3.48. The molecule has 1 aliphatic rings. The molecule has 0 fully saturated rings. The first-order valence-electron chi connectivity index (χ1n) is 7.01. The van der Waals surface area contributed by atoms with E-state index in [2.05, 4.69) is 9.17 Å². The van der Waals surface area contributed by atoms with E-state index in [0.29, 0.717) is 0 Å². The summed E-state index contributed by atoms with van der Waals surface area (Å²) in [6, 6.07) is 7.93. The van der Waals surface area contributed by atoms with Crippen molar-refractivity contribution in [1.29, 1.82) is 0 Å². The van der Waals surface area contributed by atoms with Crippen molar-refractivity contribution in [1.82, 2.24) is 9.88 Å². The molecular formula is C15H9F3N2O5S.